The van der Waals surface area contributed by atoms with Gasteiger partial charge < -0.3 is 0 Å². The average molecular weight is 170 g/mol. The lowest BCUT2D eigenvalue weighted by Gasteiger charge is -2.34. The molecule has 1 fully saturated rings. The standard InChI is InChI=1S/C10H22Si/c1-3-8-11(4-2)9-6-5-7-10-11/h3-10H2,1-2H3. The predicted molar refractivity (Wildman–Crippen MR) is 54.8 cm³/mol. The van der Waals surface area contributed by atoms with E-state index < -0.39 is 8.07 Å². The van der Waals surface area contributed by atoms with E-state index in [2.05, 4.69) is 13.8 Å². The van der Waals surface area contributed by atoms with Crippen molar-refractivity contribution in [3.63, 3.8) is 0 Å². The summed E-state index contributed by atoms with van der Waals surface area (Å²) in [6.45, 7) is 4.80. The smallest absolute Gasteiger partial charge is 0.0533 e. The van der Waals surface area contributed by atoms with Crippen molar-refractivity contribution in [3.05, 3.63) is 0 Å². The van der Waals surface area contributed by atoms with Gasteiger partial charge in [0.1, 0.15) is 0 Å². The first-order valence-corrected chi connectivity index (χ1v) is 8.16. The van der Waals surface area contributed by atoms with Gasteiger partial charge in [-0.1, -0.05) is 63.7 Å². The van der Waals surface area contributed by atoms with E-state index in [1.807, 2.05) is 0 Å². The maximum atomic E-state index is 2.44. The minimum Gasteiger partial charge on any atom is -0.0678 e. The summed E-state index contributed by atoms with van der Waals surface area (Å²) in [5.74, 6) is 0. The molecule has 0 N–H and O–H groups in total. The zero-order valence-electron chi connectivity index (χ0n) is 8.16. The summed E-state index contributed by atoms with van der Waals surface area (Å²) < 4.78 is 0. The van der Waals surface area contributed by atoms with Gasteiger partial charge in [0.05, 0.1) is 8.07 Å². The Labute approximate surface area is 72.4 Å². The SMILES string of the molecule is CCC[Si]1(CC)CCCCC1. The van der Waals surface area contributed by atoms with E-state index in [4.69, 9.17) is 0 Å². The molecule has 1 heteroatoms. The number of rotatable bonds is 3. The molecular weight excluding hydrogens is 148 g/mol. The van der Waals surface area contributed by atoms with E-state index in [9.17, 15) is 0 Å². The molecule has 66 valence electrons. The first-order valence-electron chi connectivity index (χ1n) is 5.33. The van der Waals surface area contributed by atoms with Crippen LogP contribution >= 0.6 is 0 Å². The highest BCUT2D eigenvalue weighted by Gasteiger charge is 2.30. The summed E-state index contributed by atoms with van der Waals surface area (Å²) in [4.78, 5) is 0. The molecule has 0 bridgehead atoms. The minimum atomic E-state index is -0.657. The van der Waals surface area contributed by atoms with Crippen molar-refractivity contribution in [3.8, 4) is 0 Å². The molecule has 0 amide bonds. The first-order chi connectivity index (χ1) is 5.33. The molecule has 0 atom stereocenters. The maximum absolute atomic E-state index is 2.44. The largest absolute Gasteiger partial charge is 0.0678 e. The Balaban J connectivity index is 2.42. The Hall–Kier alpha value is 0.217. The molecule has 1 aliphatic heterocycles. The first kappa shape index (κ1) is 9.31. The van der Waals surface area contributed by atoms with Gasteiger partial charge in [-0.05, 0) is 0 Å². The molecule has 0 radical (unpaired) electrons. The van der Waals surface area contributed by atoms with Crippen LogP contribution in [-0.2, 0) is 0 Å². The molecule has 0 aromatic heterocycles. The summed E-state index contributed by atoms with van der Waals surface area (Å²) >= 11 is 0. The Morgan fingerprint density at radius 2 is 1.64 bits per heavy atom. The molecule has 0 unspecified atom stereocenters. The molecule has 11 heavy (non-hydrogen) atoms. The van der Waals surface area contributed by atoms with Crippen LogP contribution in [0.15, 0.2) is 0 Å². The normalized spacial score (nSPS) is 23.5. The lowest BCUT2D eigenvalue weighted by molar-refractivity contribution is 0.698. The monoisotopic (exact) mass is 170 g/mol. The van der Waals surface area contributed by atoms with Crippen LogP contribution in [0, 0.1) is 0 Å². The van der Waals surface area contributed by atoms with E-state index in [0.717, 1.165) is 0 Å². The van der Waals surface area contributed by atoms with Crippen LogP contribution < -0.4 is 0 Å². The lowest BCUT2D eigenvalue weighted by atomic mass is 10.3. The summed E-state index contributed by atoms with van der Waals surface area (Å²) in [6, 6.07) is 6.47. The van der Waals surface area contributed by atoms with Gasteiger partial charge in [0.25, 0.3) is 0 Å². The fraction of sp³-hybridized carbons (Fsp3) is 1.00. The third-order valence-corrected chi connectivity index (χ3v) is 9.33. The summed E-state index contributed by atoms with van der Waals surface area (Å²) in [5.41, 5.74) is 0. The topological polar surface area (TPSA) is 0 Å². The van der Waals surface area contributed by atoms with Crippen molar-refractivity contribution in [2.75, 3.05) is 0 Å². The van der Waals surface area contributed by atoms with Gasteiger partial charge in [0, 0.05) is 0 Å². The number of hydrogen-bond donors (Lipinski definition) is 0. The highest BCUT2D eigenvalue weighted by Crippen LogP contribution is 2.35. The molecule has 0 nitrogen and oxygen atoms in total. The second-order valence-electron chi connectivity index (χ2n) is 4.16. The van der Waals surface area contributed by atoms with Gasteiger partial charge in [-0.2, -0.15) is 0 Å². The van der Waals surface area contributed by atoms with E-state index >= 15 is 0 Å². The third-order valence-electron chi connectivity index (χ3n) is 3.44. The molecule has 0 aromatic carbocycles. The predicted octanol–water partition coefficient (Wildman–Crippen LogP) is 4.05. The zero-order chi connectivity index (χ0) is 8.16. The van der Waals surface area contributed by atoms with Gasteiger partial charge in [-0.25, -0.2) is 0 Å². The van der Waals surface area contributed by atoms with Gasteiger partial charge in [-0.3, -0.25) is 0 Å². The quantitative estimate of drug-likeness (QED) is 0.561. The molecule has 1 heterocycles. The molecule has 0 saturated carbocycles. The second-order valence-corrected chi connectivity index (χ2v) is 9.37. The van der Waals surface area contributed by atoms with Crippen molar-refractivity contribution in [2.24, 2.45) is 0 Å². The van der Waals surface area contributed by atoms with Crippen molar-refractivity contribution in [1.29, 1.82) is 0 Å². The van der Waals surface area contributed by atoms with E-state index in [1.165, 1.54) is 12.8 Å². The van der Waals surface area contributed by atoms with Crippen LogP contribution in [0.3, 0.4) is 0 Å². The summed E-state index contributed by atoms with van der Waals surface area (Å²) in [6.07, 6.45) is 6.08. The fourth-order valence-electron chi connectivity index (χ4n) is 2.61. The fourth-order valence-corrected chi connectivity index (χ4v) is 7.48. The van der Waals surface area contributed by atoms with Crippen molar-refractivity contribution < 1.29 is 0 Å². The van der Waals surface area contributed by atoms with E-state index in [1.54, 1.807) is 37.0 Å². The Morgan fingerprint density at radius 1 is 1.00 bits per heavy atom. The van der Waals surface area contributed by atoms with Crippen LogP contribution in [0.1, 0.15) is 39.5 Å². The minimum absolute atomic E-state index is 0.657. The Morgan fingerprint density at radius 3 is 2.09 bits per heavy atom. The van der Waals surface area contributed by atoms with Crippen LogP contribution in [-0.4, -0.2) is 8.07 Å². The molecular formula is C10H22Si. The van der Waals surface area contributed by atoms with Crippen LogP contribution in [0.25, 0.3) is 0 Å². The maximum Gasteiger partial charge on any atom is 0.0533 e. The zero-order valence-corrected chi connectivity index (χ0v) is 9.16. The second kappa shape index (κ2) is 4.29. The Kier molecular flexibility index (Phi) is 3.63. The average Bonchev–Trinajstić information content (AvgIpc) is 2.07. The van der Waals surface area contributed by atoms with Crippen molar-refractivity contribution >= 4 is 8.07 Å². The Bertz CT molecular complexity index is 97.9. The molecule has 0 aromatic rings. The van der Waals surface area contributed by atoms with Crippen LogP contribution in [0.2, 0.25) is 24.2 Å². The molecule has 1 aliphatic rings. The highest BCUT2D eigenvalue weighted by atomic mass is 28.3. The molecule has 1 saturated heterocycles. The highest BCUT2D eigenvalue weighted by molar-refractivity contribution is 6.79. The van der Waals surface area contributed by atoms with Gasteiger partial charge >= 0.3 is 0 Å². The molecule has 0 spiro atoms. The summed E-state index contributed by atoms with van der Waals surface area (Å²) in [5, 5.41) is 0. The van der Waals surface area contributed by atoms with Gasteiger partial charge in [0.2, 0.25) is 0 Å². The summed E-state index contributed by atoms with van der Waals surface area (Å²) in [7, 11) is -0.657. The van der Waals surface area contributed by atoms with Crippen molar-refractivity contribution in [1.82, 2.24) is 0 Å². The van der Waals surface area contributed by atoms with E-state index in [0.29, 0.717) is 0 Å². The van der Waals surface area contributed by atoms with Gasteiger partial charge in [0.15, 0.2) is 0 Å². The lowest BCUT2D eigenvalue weighted by Crippen LogP contribution is -2.34. The van der Waals surface area contributed by atoms with Crippen molar-refractivity contribution in [2.45, 2.75) is 63.7 Å². The van der Waals surface area contributed by atoms with Gasteiger partial charge in [-0.15, -0.1) is 0 Å². The third kappa shape index (κ3) is 2.33. The van der Waals surface area contributed by atoms with E-state index in [-0.39, 0.29) is 0 Å². The number of hydrogen-bond acceptors (Lipinski definition) is 0. The molecule has 0 aliphatic carbocycles. The van der Waals surface area contributed by atoms with Crippen LogP contribution in [0.4, 0.5) is 0 Å². The molecule has 1 rings (SSSR count). The van der Waals surface area contributed by atoms with Crippen LogP contribution in [0.5, 0.6) is 0 Å².